The zero-order valence-corrected chi connectivity index (χ0v) is 13.8. The molecule has 0 N–H and O–H groups in total. The minimum absolute atomic E-state index is 0.367. The lowest BCUT2D eigenvalue weighted by atomic mass is 9.78. The molecule has 0 atom stereocenters. The van der Waals surface area contributed by atoms with E-state index < -0.39 is 7.12 Å². The predicted molar refractivity (Wildman–Crippen MR) is 89.1 cm³/mol. The van der Waals surface area contributed by atoms with Gasteiger partial charge in [0.05, 0.1) is 22.8 Å². The van der Waals surface area contributed by atoms with Crippen molar-refractivity contribution in [1.82, 2.24) is 0 Å². The van der Waals surface area contributed by atoms with Gasteiger partial charge < -0.3 is 9.31 Å². The molecule has 0 spiro atoms. The Hall–Kier alpha value is -1.22. The summed E-state index contributed by atoms with van der Waals surface area (Å²) in [5.74, 6) is 0.535. The smallest absolute Gasteiger partial charge is 0.400 e. The van der Waals surface area contributed by atoms with Crippen molar-refractivity contribution in [3.05, 3.63) is 40.9 Å². The number of nitrogens with zero attached hydrogens (tertiary/aromatic N) is 1. The van der Waals surface area contributed by atoms with Gasteiger partial charge in [-0.1, -0.05) is 18.2 Å². The lowest BCUT2D eigenvalue weighted by Gasteiger charge is -2.32. The second-order valence-corrected chi connectivity index (χ2v) is 6.52. The molecular formula is C16H20BNO2S. The molecule has 5 heteroatoms. The summed E-state index contributed by atoms with van der Waals surface area (Å²) in [6.07, 6.45) is 1.98. The van der Waals surface area contributed by atoms with Gasteiger partial charge in [0.1, 0.15) is 0 Å². The molecule has 110 valence electrons. The number of hydrogen-bond donors (Lipinski definition) is 1. The highest BCUT2D eigenvalue weighted by molar-refractivity contribution is 7.80. The Labute approximate surface area is 132 Å². The van der Waals surface area contributed by atoms with Gasteiger partial charge in [-0.25, -0.2) is 0 Å². The van der Waals surface area contributed by atoms with Crippen LogP contribution in [0.3, 0.4) is 0 Å². The second kappa shape index (κ2) is 5.88. The van der Waals surface area contributed by atoms with Crippen molar-refractivity contribution in [3.63, 3.8) is 0 Å². The fourth-order valence-electron chi connectivity index (χ4n) is 2.09. The monoisotopic (exact) mass is 301 g/mol. The number of nitriles is 1. The van der Waals surface area contributed by atoms with E-state index in [1.165, 1.54) is 0 Å². The molecule has 0 aliphatic carbocycles. The number of hydrogen-bond acceptors (Lipinski definition) is 4. The van der Waals surface area contributed by atoms with E-state index in [-0.39, 0.29) is 11.2 Å². The van der Waals surface area contributed by atoms with Crippen LogP contribution in [0.1, 0.15) is 38.8 Å². The average molecular weight is 301 g/mol. The van der Waals surface area contributed by atoms with Crippen molar-refractivity contribution in [2.75, 3.05) is 5.75 Å². The third kappa shape index (κ3) is 3.34. The van der Waals surface area contributed by atoms with E-state index in [9.17, 15) is 0 Å². The van der Waals surface area contributed by atoms with Gasteiger partial charge in [-0.05, 0) is 50.9 Å². The van der Waals surface area contributed by atoms with Crippen molar-refractivity contribution >= 4 is 25.8 Å². The highest BCUT2D eigenvalue weighted by Crippen LogP contribution is 2.39. The van der Waals surface area contributed by atoms with E-state index in [0.717, 1.165) is 11.0 Å². The maximum absolute atomic E-state index is 8.97. The first-order chi connectivity index (χ1) is 9.79. The van der Waals surface area contributed by atoms with Gasteiger partial charge in [0.2, 0.25) is 0 Å². The minimum atomic E-state index is -0.404. The van der Waals surface area contributed by atoms with Gasteiger partial charge in [-0.3, -0.25) is 0 Å². The van der Waals surface area contributed by atoms with Crippen molar-refractivity contribution in [2.24, 2.45) is 0 Å². The summed E-state index contributed by atoms with van der Waals surface area (Å²) in [4.78, 5) is 0. The summed E-state index contributed by atoms with van der Waals surface area (Å²) < 4.78 is 12.1. The molecule has 0 radical (unpaired) electrons. The topological polar surface area (TPSA) is 42.2 Å². The summed E-state index contributed by atoms with van der Waals surface area (Å²) in [5.41, 5.74) is 1.80. The Kier molecular flexibility index (Phi) is 4.53. The van der Waals surface area contributed by atoms with Crippen LogP contribution in [0.5, 0.6) is 0 Å². The fraction of sp³-hybridized carbons (Fsp3) is 0.438. The van der Waals surface area contributed by atoms with E-state index >= 15 is 0 Å². The zero-order valence-electron chi connectivity index (χ0n) is 12.9. The van der Waals surface area contributed by atoms with Crippen LogP contribution in [0.4, 0.5) is 0 Å². The lowest BCUT2D eigenvalue weighted by molar-refractivity contribution is 0.00578. The SMILES string of the molecule is CC1(C)OB(C(=Cc2cccc(C#N)c2)CS)OC1(C)C. The van der Waals surface area contributed by atoms with Crippen LogP contribution in [-0.4, -0.2) is 24.1 Å². The molecule has 3 nitrogen and oxygen atoms in total. The molecule has 0 aromatic heterocycles. The van der Waals surface area contributed by atoms with Crippen LogP contribution < -0.4 is 0 Å². The Morgan fingerprint density at radius 3 is 2.43 bits per heavy atom. The van der Waals surface area contributed by atoms with Crippen LogP contribution >= 0.6 is 12.6 Å². The molecule has 1 heterocycles. The Morgan fingerprint density at radius 1 is 1.29 bits per heavy atom. The van der Waals surface area contributed by atoms with Crippen LogP contribution in [0.15, 0.2) is 29.7 Å². The van der Waals surface area contributed by atoms with E-state index in [1.54, 1.807) is 6.07 Å². The average Bonchev–Trinajstić information content (AvgIpc) is 2.65. The lowest BCUT2D eigenvalue weighted by Crippen LogP contribution is -2.41. The molecule has 0 bridgehead atoms. The molecule has 21 heavy (non-hydrogen) atoms. The van der Waals surface area contributed by atoms with Crippen LogP contribution in [0.25, 0.3) is 6.08 Å². The third-order valence-corrected chi connectivity index (χ3v) is 4.47. The summed E-state index contributed by atoms with van der Waals surface area (Å²) in [5, 5.41) is 8.97. The summed E-state index contributed by atoms with van der Waals surface area (Å²) in [6, 6.07) is 9.59. The molecule has 2 rings (SSSR count). The molecule has 1 aromatic rings. The molecular weight excluding hydrogens is 281 g/mol. The Balaban J connectivity index is 2.29. The van der Waals surface area contributed by atoms with Gasteiger partial charge in [0.25, 0.3) is 0 Å². The van der Waals surface area contributed by atoms with E-state index in [4.69, 9.17) is 14.6 Å². The first-order valence-corrected chi connectivity index (χ1v) is 7.59. The molecule has 1 aliphatic rings. The quantitative estimate of drug-likeness (QED) is 0.686. The third-order valence-electron chi connectivity index (χ3n) is 4.11. The first kappa shape index (κ1) is 16.2. The molecule has 0 amide bonds. The van der Waals surface area contributed by atoms with Gasteiger partial charge in [-0.15, -0.1) is 0 Å². The molecule has 1 aromatic carbocycles. The largest absolute Gasteiger partial charge is 0.491 e. The van der Waals surface area contributed by atoms with Crippen LogP contribution in [0.2, 0.25) is 0 Å². The molecule has 1 saturated heterocycles. The first-order valence-electron chi connectivity index (χ1n) is 6.96. The van der Waals surface area contributed by atoms with E-state index in [0.29, 0.717) is 11.3 Å². The Bertz CT molecular complexity index is 589. The van der Waals surface area contributed by atoms with Gasteiger partial charge in [0.15, 0.2) is 0 Å². The molecule has 1 fully saturated rings. The summed E-state index contributed by atoms with van der Waals surface area (Å²) >= 11 is 4.39. The maximum atomic E-state index is 8.97. The highest BCUT2D eigenvalue weighted by Gasteiger charge is 2.52. The number of benzene rings is 1. The van der Waals surface area contributed by atoms with Crippen LogP contribution in [0, 0.1) is 11.3 Å². The molecule has 0 saturated carbocycles. The van der Waals surface area contributed by atoms with E-state index in [2.05, 4.69) is 18.7 Å². The normalized spacial score (nSPS) is 20.4. The number of thiol groups is 1. The second-order valence-electron chi connectivity index (χ2n) is 6.20. The van der Waals surface area contributed by atoms with Crippen molar-refractivity contribution in [1.29, 1.82) is 5.26 Å². The summed E-state index contributed by atoms with van der Waals surface area (Å²) in [7, 11) is -0.404. The summed E-state index contributed by atoms with van der Waals surface area (Å²) in [6.45, 7) is 8.11. The van der Waals surface area contributed by atoms with Crippen LogP contribution in [-0.2, 0) is 9.31 Å². The van der Waals surface area contributed by atoms with Gasteiger partial charge >= 0.3 is 7.12 Å². The Morgan fingerprint density at radius 2 is 1.90 bits per heavy atom. The van der Waals surface area contributed by atoms with E-state index in [1.807, 2.05) is 52.0 Å². The maximum Gasteiger partial charge on any atom is 0.491 e. The standard InChI is InChI=1S/C16H20BNO2S/c1-15(2)16(3,4)20-17(19-15)14(11-21)9-12-6-5-7-13(8-12)10-18/h5-9,21H,11H2,1-4H3. The van der Waals surface area contributed by atoms with Gasteiger partial charge in [-0.2, -0.15) is 17.9 Å². The predicted octanol–water partition coefficient (Wildman–Crippen LogP) is 3.50. The highest BCUT2D eigenvalue weighted by atomic mass is 32.1. The van der Waals surface area contributed by atoms with Gasteiger partial charge in [0, 0.05) is 5.75 Å². The van der Waals surface area contributed by atoms with Crippen molar-refractivity contribution in [2.45, 2.75) is 38.9 Å². The minimum Gasteiger partial charge on any atom is -0.400 e. The fourth-order valence-corrected chi connectivity index (χ4v) is 2.34. The molecule has 1 aliphatic heterocycles. The molecule has 0 unspecified atom stereocenters. The van der Waals surface area contributed by atoms with Crippen molar-refractivity contribution < 1.29 is 9.31 Å². The number of rotatable bonds is 3. The zero-order chi connectivity index (χ0) is 15.7. The van der Waals surface area contributed by atoms with Crippen molar-refractivity contribution in [3.8, 4) is 6.07 Å².